The van der Waals surface area contributed by atoms with Gasteiger partial charge in [-0.3, -0.25) is 14.9 Å². The first-order valence-electron chi connectivity index (χ1n) is 5.81. The van der Waals surface area contributed by atoms with Gasteiger partial charge in [0.05, 0.1) is 22.6 Å². The lowest BCUT2D eigenvalue weighted by atomic mass is 10.1. The van der Waals surface area contributed by atoms with E-state index in [0.717, 1.165) is 17.0 Å². The van der Waals surface area contributed by atoms with Gasteiger partial charge in [0.25, 0.3) is 5.69 Å². The number of carbonyl (C=O) groups excluding carboxylic acids is 1. The monoisotopic (exact) mass is 306 g/mol. The maximum absolute atomic E-state index is 11.8. The molecule has 1 aromatic carbocycles. The lowest BCUT2D eigenvalue weighted by Crippen LogP contribution is -2.16. The molecule has 7 nitrogen and oxygen atoms in total. The number of nitro groups is 1. The predicted molar refractivity (Wildman–Crippen MR) is 76.7 cm³/mol. The summed E-state index contributed by atoms with van der Waals surface area (Å²) >= 11 is 1.41. The molecule has 1 amide bonds. The van der Waals surface area contributed by atoms with Crippen molar-refractivity contribution in [3.63, 3.8) is 0 Å². The molecule has 8 heteroatoms. The van der Waals surface area contributed by atoms with E-state index in [1.54, 1.807) is 6.07 Å². The summed E-state index contributed by atoms with van der Waals surface area (Å²) in [5, 5.41) is 24.0. The third-order valence-corrected chi connectivity index (χ3v) is 3.51. The van der Waals surface area contributed by atoms with Gasteiger partial charge < -0.3 is 10.4 Å². The molecule has 0 spiro atoms. The summed E-state index contributed by atoms with van der Waals surface area (Å²) in [5.41, 5.74) is -0.623. The first-order valence-corrected chi connectivity index (χ1v) is 6.69. The molecule has 1 aromatic heterocycles. The average molecular weight is 306 g/mol. The van der Waals surface area contributed by atoms with Gasteiger partial charge in [-0.1, -0.05) is 6.07 Å². The van der Waals surface area contributed by atoms with Crippen molar-refractivity contribution in [3.05, 3.63) is 56.3 Å². The molecule has 0 fully saturated rings. The summed E-state index contributed by atoms with van der Waals surface area (Å²) < 4.78 is 0. The van der Waals surface area contributed by atoms with Gasteiger partial charge >= 0.3 is 5.97 Å². The van der Waals surface area contributed by atoms with Crippen LogP contribution in [0.2, 0.25) is 0 Å². The molecule has 2 rings (SSSR count). The molecule has 0 aliphatic rings. The average Bonchev–Trinajstić information content (AvgIpc) is 2.91. The van der Waals surface area contributed by atoms with Crippen LogP contribution >= 0.6 is 11.3 Å². The van der Waals surface area contributed by atoms with Crippen molar-refractivity contribution in [2.45, 2.75) is 6.42 Å². The molecule has 21 heavy (non-hydrogen) atoms. The number of nitro benzene ring substituents is 1. The fourth-order valence-corrected chi connectivity index (χ4v) is 2.40. The van der Waals surface area contributed by atoms with E-state index in [2.05, 4.69) is 5.32 Å². The Balaban J connectivity index is 2.21. The number of hydrogen-bond donors (Lipinski definition) is 2. The smallest absolute Gasteiger partial charge is 0.338 e. The van der Waals surface area contributed by atoms with E-state index in [1.165, 1.54) is 17.4 Å². The van der Waals surface area contributed by atoms with E-state index in [4.69, 9.17) is 5.11 Å². The van der Waals surface area contributed by atoms with Crippen molar-refractivity contribution in [1.29, 1.82) is 0 Å². The second-order valence-corrected chi connectivity index (χ2v) is 5.13. The van der Waals surface area contributed by atoms with Gasteiger partial charge in [0.1, 0.15) is 0 Å². The number of amides is 1. The topological polar surface area (TPSA) is 110 Å². The minimum atomic E-state index is -1.34. The van der Waals surface area contributed by atoms with Gasteiger partial charge in [-0.25, -0.2) is 4.79 Å². The Morgan fingerprint density at radius 1 is 1.33 bits per heavy atom. The second-order valence-electron chi connectivity index (χ2n) is 4.10. The van der Waals surface area contributed by atoms with Gasteiger partial charge in [-0.15, -0.1) is 11.3 Å². The number of aromatic carboxylic acids is 1. The largest absolute Gasteiger partial charge is 0.478 e. The highest BCUT2D eigenvalue weighted by atomic mass is 32.1. The fraction of sp³-hybridized carbons (Fsp3) is 0.0769. The highest BCUT2D eigenvalue weighted by molar-refractivity contribution is 7.10. The van der Waals surface area contributed by atoms with Crippen LogP contribution < -0.4 is 5.32 Å². The van der Waals surface area contributed by atoms with Crippen molar-refractivity contribution in [1.82, 2.24) is 0 Å². The maximum Gasteiger partial charge on any atom is 0.338 e. The number of non-ortho nitro benzene ring substituents is 1. The predicted octanol–water partition coefficient (Wildman–Crippen LogP) is 2.54. The zero-order valence-corrected chi connectivity index (χ0v) is 11.4. The minimum Gasteiger partial charge on any atom is -0.478 e. The Labute approximate surface area is 123 Å². The molecule has 0 atom stereocenters. The summed E-state index contributed by atoms with van der Waals surface area (Å²) in [6.45, 7) is 0. The third-order valence-electron chi connectivity index (χ3n) is 2.63. The highest BCUT2D eigenvalue weighted by Gasteiger charge is 2.17. The van der Waals surface area contributed by atoms with Crippen molar-refractivity contribution < 1.29 is 19.6 Å². The van der Waals surface area contributed by atoms with E-state index in [1.807, 2.05) is 11.4 Å². The number of hydrogen-bond acceptors (Lipinski definition) is 5. The number of anilines is 1. The van der Waals surface area contributed by atoms with Gasteiger partial charge in [0.15, 0.2) is 0 Å². The van der Waals surface area contributed by atoms with E-state index in [-0.39, 0.29) is 29.3 Å². The number of thiophene rings is 1. The molecule has 2 aromatic rings. The molecule has 2 N–H and O–H groups in total. The zero-order valence-electron chi connectivity index (χ0n) is 10.6. The lowest BCUT2D eigenvalue weighted by molar-refractivity contribution is -0.384. The molecule has 0 aliphatic heterocycles. The van der Waals surface area contributed by atoms with Gasteiger partial charge in [0, 0.05) is 17.0 Å². The zero-order chi connectivity index (χ0) is 15.4. The van der Waals surface area contributed by atoms with Crippen molar-refractivity contribution >= 4 is 34.6 Å². The highest BCUT2D eigenvalue weighted by Crippen LogP contribution is 2.22. The standard InChI is InChI=1S/C13H10N2O5S/c16-12(7-9-2-1-5-21-9)14-11-4-3-8(15(19)20)6-10(11)13(17)18/h1-6H,7H2,(H,14,16)(H,17,18). The molecule has 0 saturated heterocycles. The molecular weight excluding hydrogens is 296 g/mol. The van der Waals surface area contributed by atoms with Gasteiger partial charge in [0.2, 0.25) is 5.91 Å². The molecule has 1 heterocycles. The van der Waals surface area contributed by atoms with Crippen LogP contribution in [-0.4, -0.2) is 21.9 Å². The van der Waals surface area contributed by atoms with E-state index < -0.39 is 10.9 Å². The van der Waals surface area contributed by atoms with Crippen LogP contribution in [0.3, 0.4) is 0 Å². The Morgan fingerprint density at radius 2 is 2.10 bits per heavy atom. The number of carbonyl (C=O) groups is 2. The van der Waals surface area contributed by atoms with E-state index in [9.17, 15) is 19.7 Å². The van der Waals surface area contributed by atoms with Gasteiger partial charge in [-0.05, 0) is 17.5 Å². The molecular formula is C13H10N2O5S. The number of nitrogens with one attached hydrogen (secondary N) is 1. The van der Waals surface area contributed by atoms with Crippen LogP contribution in [0, 0.1) is 10.1 Å². The molecule has 0 unspecified atom stereocenters. The van der Waals surface area contributed by atoms with Crippen molar-refractivity contribution in [3.8, 4) is 0 Å². The Kier molecular flexibility index (Phi) is 4.29. The third kappa shape index (κ3) is 3.63. The van der Waals surface area contributed by atoms with Crippen LogP contribution in [0.5, 0.6) is 0 Å². The van der Waals surface area contributed by atoms with Crippen LogP contribution in [0.1, 0.15) is 15.2 Å². The normalized spacial score (nSPS) is 10.1. The summed E-state index contributed by atoms with van der Waals surface area (Å²) in [5.74, 6) is -1.72. The van der Waals surface area contributed by atoms with E-state index >= 15 is 0 Å². The molecule has 0 saturated carbocycles. The molecule has 0 aliphatic carbocycles. The van der Waals surface area contributed by atoms with Crippen LogP contribution in [0.25, 0.3) is 0 Å². The molecule has 0 bridgehead atoms. The lowest BCUT2D eigenvalue weighted by Gasteiger charge is -2.07. The first-order chi connectivity index (χ1) is 9.97. The summed E-state index contributed by atoms with van der Waals surface area (Å²) in [6.07, 6.45) is 0.119. The number of carboxylic acids is 1. The quantitative estimate of drug-likeness (QED) is 0.651. The summed E-state index contributed by atoms with van der Waals surface area (Å²) in [6, 6.07) is 6.88. The number of nitrogens with zero attached hydrogens (tertiary/aromatic N) is 1. The van der Waals surface area contributed by atoms with E-state index in [0.29, 0.717) is 0 Å². The molecule has 0 radical (unpaired) electrons. The fourth-order valence-electron chi connectivity index (χ4n) is 1.70. The number of benzene rings is 1. The van der Waals surface area contributed by atoms with Crippen LogP contribution in [0.4, 0.5) is 11.4 Å². The Hall–Kier alpha value is -2.74. The number of carboxylic acid groups (broad SMARTS) is 1. The molecule has 108 valence electrons. The first kappa shape index (κ1) is 14.7. The summed E-state index contributed by atoms with van der Waals surface area (Å²) in [4.78, 5) is 33.8. The SMILES string of the molecule is O=C(Cc1cccs1)Nc1ccc([N+](=O)[O-])cc1C(=O)O. The van der Waals surface area contributed by atoms with Crippen molar-refractivity contribution in [2.75, 3.05) is 5.32 Å². The maximum atomic E-state index is 11.8. The Bertz CT molecular complexity index is 697. The minimum absolute atomic E-state index is 0.0367. The second kappa shape index (κ2) is 6.14. The van der Waals surface area contributed by atoms with Crippen LogP contribution in [-0.2, 0) is 11.2 Å². The van der Waals surface area contributed by atoms with Gasteiger partial charge in [-0.2, -0.15) is 0 Å². The van der Waals surface area contributed by atoms with Crippen molar-refractivity contribution in [2.24, 2.45) is 0 Å². The summed E-state index contributed by atoms with van der Waals surface area (Å²) in [7, 11) is 0. The Morgan fingerprint density at radius 3 is 2.67 bits per heavy atom. The number of rotatable bonds is 5. The van der Waals surface area contributed by atoms with Crippen LogP contribution in [0.15, 0.2) is 35.7 Å².